The molecule has 8 aromatic heterocycles. The molecule has 0 aliphatic carbocycles. The Balaban J connectivity index is 0.000000151. The SMILES string of the molecule is Brc1cccc(O[C@@H]2CCOC2)n1.C=CCn1c(=O)c2cnc(Nc3ccc(N4CCC5(CCN(C)CC5)CC4)cc3)nc2n1-c1cccc(O[C@@H]2CCOC2)n1.C=CCn1c(=O)c2cnc(SC)nc2n1-c1cccc(O[C@@H]2CCOC2)n1.Fc1cccc(Br)n1. The number of allylic oxidation sites excluding steroid dienone is 2. The molecule has 1 spiro atoms. The molecule has 1 N–H and O–H groups in total. The van der Waals surface area contributed by atoms with Gasteiger partial charge in [0.15, 0.2) is 28.1 Å². The van der Waals surface area contributed by atoms with Crippen LogP contribution >= 0.6 is 43.6 Å². The summed E-state index contributed by atoms with van der Waals surface area (Å²) in [5, 5.41) is 4.75. The summed E-state index contributed by atoms with van der Waals surface area (Å²) < 4.78 is 53.4. The van der Waals surface area contributed by atoms with Crippen molar-refractivity contribution < 1.29 is 32.8 Å². The van der Waals surface area contributed by atoms with E-state index in [2.05, 4.69) is 121 Å². The van der Waals surface area contributed by atoms with Crippen LogP contribution in [0.4, 0.5) is 21.7 Å². The van der Waals surface area contributed by atoms with Crippen molar-refractivity contribution in [1.29, 1.82) is 0 Å². The first-order chi connectivity index (χ1) is 44.8. The molecule has 5 aliphatic heterocycles. The van der Waals surface area contributed by atoms with E-state index in [4.69, 9.17) is 38.4 Å². The van der Waals surface area contributed by atoms with Gasteiger partial charge in [0.1, 0.15) is 38.3 Å². The van der Waals surface area contributed by atoms with Gasteiger partial charge < -0.3 is 43.5 Å². The zero-order valence-corrected chi connectivity index (χ0v) is 55.2. The van der Waals surface area contributed by atoms with Gasteiger partial charge in [-0.1, -0.05) is 48.2 Å². The molecular weight excluding hydrogens is 1330 g/mol. The minimum atomic E-state index is -0.459. The maximum absolute atomic E-state index is 13.4. The van der Waals surface area contributed by atoms with Gasteiger partial charge in [0.2, 0.25) is 29.5 Å². The molecule has 9 aromatic rings. The predicted molar refractivity (Wildman–Crippen MR) is 358 cm³/mol. The Morgan fingerprint density at radius 3 is 1.57 bits per heavy atom. The van der Waals surface area contributed by atoms with Crippen LogP contribution in [0.2, 0.25) is 0 Å². The number of likely N-dealkylation sites (tertiary alicyclic amines) is 1. The number of hydrogen-bond donors (Lipinski definition) is 1. The van der Waals surface area contributed by atoms with E-state index in [1.807, 2.05) is 54.8 Å². The van der Waals surface area contributed by atoms with Crippen LogP contribution in [-0.2, 0) is 27.3 Å². The molecule has 3 atom stereocenters. The highest BCUT2D eigenvalue weighted by Gasteiger charge is 2.37. The fourth-order valence-electron chi connectivity index (χ4n) is 11.3. The van der Waals surface area contributed by atoms with E-state index in [9.17, 15) is 14.0 Å². The Morgan fingerprint density at radius 2 is 1.10 bits per heavy atom. The molecule has 1 aromatic carbocycles. The van der Waals surface area contributed by atoms with Crippen molar-refractivity contribution in [2.75, 3.05) is 89.3 Å². The number of rotatable bonds is 16. The smallest absolute Gasteiger partial charge is 0.278 e. The van der Waals surface area contributed by atoms with Crippen LogP contribution < -0.4 is 35.5 Å². The van der Waals surface area contributed by atoms with Crippen LogP contribution in [0, 0.1) is 11.4 Å². The highest BCUT2D eigenvalue weighted by atomic mass is 79.9. The molecule has 0 bridgehead atoms. The second-order valence-electron chi connectivity index (χ2n) is 22.5. The Hall–Kier alpha value is -7.92. The third-order valence-electron chi connectivity index (χ3n) is 16.2. The summed E-state index contributed by atoms with van der Waals surface area (Å²) in [5.41, 5.74) is 3.21. The quantitative estimate of drug-likeness (QED) is 0.0410. The topological polar surface area (TPSA) is 231 Å². The average molecular weight is 1400 g/mol. The number of fused-ring (bicyclic) bond motifs is 2. The minimum absolute atomic E-state index is 0.00468. The number of aromatic nitrogens is 12. The van der Waals surface area contributed by atoms with Gasteiger partial charge >= 0.3 is 0 Å². The molecule has 5 aliphatic rings. The lowest BCUT2D eigenvalue weighted by atomic mass is 9.71. The zero-order valence-electron chi connectivity index (χ0n) is 51.2. The van der Waals surface area contributed by atoms with E-state index < -0.39 is 5.95 Å². The standard InChI is InChI=1S/C33H40N8O3.C18H19N5O3S.C9H10BrNO2.C5H3BrFN/c1-3-16-40-31(42)27-22-34-32(37-30(27)41(40)28-5-4-6-29(36-28)44-26-11-21-43-23-26)35-24-7-9-25(10-8-24)39-19-14-33(15-20-39)12-17-38(2)18-13-33;1-3-8-22-17(24)13-10-19-18(27-2)21-16(13)23(22)14-5-4-6-15(20-14)26-12-7-9-25-11-12;10-8-2-1-3-9(11-8)13-7-4-5-12-6-7;6-4-2-1-3-5(7)8-4/h3-10,22,26H,1,11-21,23H2,2H3,(H,34,35,37);3-6,10,12H,1,7-9,11H2,2H3;1-3,7H,4-6H2;1-3H/t26-;12-;7-;/m111./s1. The molecule has 0 unspecified atom stereocenters. The fourth-order valence-corrected chi connectivity index (χ4v) is 12.3. The number of ether oxygens (including phenoxy) is 6. The molecule has 0 amide bonds. The molecule has 0 saturated carbocycles. The van der Waals surface area contributed by atoms with Crippen LogP contribution in [0.3, 0.4) is 0 Å². The van der Waals surface area contributed by atoms with E-state index in [1.165, 1.54) is 62.3 Å². The second kappa shape index (κ2) is 31.1. The molecule has 482 valence electrons. The average Bonchev–Trinajstić information content (AvgIpc) is 1.63. The van der Waals surface area contributed by atoms with Crippen LogP contribution in [0.15, 0.2) is 159 Å². The minimum Gasteiger partial charge on any atom is -0.472 e. The largest absolute Gasteiger partial charge is 0.472 e. The van der Waals surface area contributed by atoms with Crippen molar-refractivity contribution in [3.63, 3.8) is 0 Å². The van der Waals surface area contributed by atoms with Crippen LogP contribution in [0.1, 0.15) is 44.9 Å². The van der Waals surface area contributed by atoms with Gasteiger partial charge in [0.25, 0.3) is 11.1 Å². The van der Waals surface area contributed by atoms with Crippen LogP contribution in [-0.4, -0.2) is 161 Å². The molecule has 0 radical (unpaired) electrons. The van der Waals surface area contributed by atoms with Crippen molar-refractivity contribution in [1.82, 2.24) is 63.5 Å². The molecule has 92 heavy (non-hydrogen) atoms. The van der Waals surface area contributed by atoms with E-state index in [0.29, 0.717) is 112 Å². The molecule has 23 nitrogen and oxygen atoms in total. The van der Waals surface area contributed by atoms with Gasteiger partial charge in [-0.25, -0.2) is 43.6 Å². The number of hydrogen-bond acceptors (Lipinski definition) is 20. The Morgan fingerprint density at radius 1 is 0.620 bits per heavy atom. The molecule has 5 saturated heterocycles. The first-order valence-corrected chi connectivity index (χ1v) is 33.3. The summed E-state index contributed by atoms with van der Waals surface area (Å²) in [6.07, 6.45) is 16.3. The van der Waals surface area contributed by atoms with Crippen molar-refractivity contribution >= 4 is 83.0 Å². The number of nitrogens with one attached hydrogen (secondary N) is 1. The van der Waals surface area contributed by atoms with Crippen LogP contribution in [0.25, 0.3) is 33.7 Å². The lowest BCUT2D eigenvalue weighted by Gasteiger charge is -2.46. The monoisotopic (exact) mass is 1400 g/mol. The first-order valence-electron chi connectivity index (χ1n) is 30.5. The molecular formula is C65H72Br2FN15O8S. The van der Waals surface area contributed by atoms with Crippen molar-refractivity contribution in [2.45, 2.75) is 81.5 Å². The Bertz CT molecular complexity index is 4070. The maximum atomic E-state index is 13.4. The van der Waals surface area contributed by atoms with E-state index in [1.54, 1.807) is 61.5 Å². The highest BCUT2D eigenvalue weighted by Crippen LogP contribution is 2.42. The summed E-state index contributed by atoms with van der Waals surface area (Å²) in [5.74, 6) is 2.62. The van der Waals surface area contributed by atoms with E-state index in [-0.39, 0.29) is 36.0 Å². The van der Waals surface area contributed by atoms with Crippen molar-refractivity contribution in [2.24, 2.45) is 5.41 Å². The Kier molecular flexibility index (Phi) is 22.2. The summed E-state index contributed by atoms with van der Waals surface area (Å²) in [6.45, 7) is 16.8. The third-order valence-corrected chi connectivity index (χ3v) is 17.7. The lowest BCUT2D eigenvalue weighted by molar-refractivity contribution is 0.0945. The van der Waals surface area contributed by atoms with E-state index >= 15 is 0 Å². The van der Waals surface area contributed by atoms with Crippen LogP contribution in [0.5, 0.6) is 17.6 Å². The number of benzene rings is 1. The summed E-state index contributed by atoms with van der Waals surface area (Å²) in [7, 11) is 2.23. The van der Waals surface area contributed by atoms with Gasteiger partial charge in [0, 0.05) is 74.3 Å². The van der Waals surface area contributed by atoms with Gasteiger partial charge in [-0.05, 0) is 144 Å². The summed E-state index contributed by atoms with van der Waals surface area (Å²) in [4.78, 5) is 66.0. The number of piperidine rings is 2. The molecule has 27 heteroatoms. The number of anilines is 3. The molecule has 13 heterocycles. The number of pyridine rings is 4. The van der Waals surface area contributed by atoms with Crippen molar-refractivity contribution in [3.05, 3.63) is 171 Å². The maximum Gasteiger partial charge on any atom is 0.278 e. The summed E-state index contributed by atoms with van der Waals surface area (Å²) in [6, 6.07) is 29.6. The molecule has 14 rings (SSSR count). The van der Waals surface area contributed by atoms with Gasteiger partial charge in [-0.3, -0.25) is 9.59 Å². The first kappa shape index (κ1) is 65.6. The molecule has 5 fully saturated rings. The predicted octanol–water partition coefficient (Wildman–Crippen LogP) is 10.4. The number of nitrogens with zero attached hydrogens (tertiary/aromatic N) is 14. The number of halogens is 3. The van der Waals surface area contributed by atoms with Gasteiger partial charge in [-0.15, -0.1) is 13.2 Å². The van der Waals surface area contributed by atoms with Gasteiger partial charge in [-0.2, -0.15) is 19.3 Å². The normalized spacial score (nSPS) is 18.5. The zero-order chi connectivity index (χ0) is 64.0. The highest BCUT2D eigenvalue weighted by molar-refractivity contribution is 9.10. The van der Waals surface area contributed by atoms with E-state index in [0.717, 1.165) is 49.2 Å². The number of thioether (sulfide) groups is 1. The van der Waals surface area contributed by atoms with Gasteiger partial charge in [0.05, 0.1) is 52.7 Å². The third kappa shape index (κ3) is 16.5. The Labute approximate surface area is 552 Å². The second-order valence-corrected chi connectivity index (χ2v) is 24.9. The lowest BCUT2D eigenvalue weighted by Crippen LogP contribution is -2.46. The van der Waals surface area contributed by atoms with Crippen molar-refractivity contribution in [3.8, 4) is 29.3 Å². The fraction of sp³-hybridized carbons (Fsp3) is 0.385. The summed E-state index contributed by atoms with van der Waals surface area (Å²) >= 11 is 7.71.